The molecule has 0 saturated carbocycles. The normalized spacial score (nSPS) is 21.7. The maximum atomic E-state index is 13.1. The Hall–Kier alpha value is -0.960. The molecular weight excluding hydrogens is 196 g/mol. The Balaban J connectivity index is 2.30. The third kappa shape index (κ3) is 2.17. The summed E-state index contributed by atoms with van der Waals surface area (Å²) in [6.45, 7) is 2.79. The Morgan fingerprint density at radius 2 is 1.93 bits per heavy atom. The molecule has 0 amide bonds. The van der Waals surface area contributed by atoms with Gasteiger partial charge in [0.1, 0.15) is 0 Å². The van der Waals surface area contributed by atoms with Gasteiger partial charge >= 0.3 is 0 Å². The van der Waals surface area contributed by atoms with Crippen LogP contribution < -0.4 is 5.32 Å². The molecule has 15 heavy (non-hydrogen) atoms. The van der Waals surface area contributed by atoms with Crippen LogP contribution in [0.4, 0.5) is 8.78 Å². The highest BCUT2D eigenvalue weighted by molar-refractivity contribution is 5.30. The third-order valence-corrected chi connectivity index (χ3v) is 2.99. The van der Waals surface area contributed by atoms with Crippen molar-refractivity contribution in [2.45, 2.75) is 32.2 Å². The Labute approximate surface area is 88.5 Å². The van der Waals surface area contributed by atoms with Gasteiger partial charge in [-0.3, -0.25) is 0 Å². The smallest absolute Gasteiger partial charge is 0.159 e. The van der Waals surface area contributed by atoms with E-state index < -0.39 is 11.6 Å². The molecule has 3 heteroatoms. The minimum Gasteiger partial charge on any atom is -0.310 e. The van der Waals surface area contributed by atoms with Gasteiger partial charge in [-0.05, 0) is 49.6 Å². The summed E-state index contributed by atoms with van der Waals surface area (Å²) in [6.07, 6.45) is 3.32. The molecule has 1 aliphatic rings. The van der Waals surface area contributed by atoms with Crippen LogP contribution in [0.2, 0.25) is 0 Å². The van der Waals surface area contributed by atoms with Crippen molar-refractivity contribution in [2.24, 2.45) is 0 Å². The number of halogens is 2. The number of nitrogens with one attached hydrogen (secondary N) is 1. The van der Waals surface area contributed by atoms with Crippen LogP contribution in [0, 0.1) is 18.6 Å². The van der Waals surface area contributed by atoms with E-state index in [-0.39, 0.29) is 6.04 Å². The van der Waals surface area contributed by atoms with E-state index in [9.17, 15) is 8.78 Å². The Bertz CT molecular complexity index is 357. The van der Waals surface area contributed by atoms with Gasteiger partial charge in [-0.25, -0.2) is 8.78 Å². The molecule has 82 valence electrons. The molecule has 1 aromatic rings. The Kier molecular flexibility index (Phi) is 3.00. The van der Waals surface area contributed by atoms with Crippen molar-refractivity contribution < 1.29 is 8.78 Å². The molecular formula is C12H15F2N. The van der Waals surface area contributed by atoms with E-state index in [1.807, 2.05) is 6.92 Å². The molecule has 1 unspecified atom stereocenters. The molecule has 2 rings (SSSR count). The van der Waals surface area contributed by atoms with Gasteiger partial charge in [-0.1, -0.05) is 6.42 Å². The summed E-state index contributed by atoms with van der Waals surface area (Å²) in [4.78, 5) is 0. The maximum Gasteiger partial charge on any atom is 0.159 e. The van der Waals surface area contributed by atoms with Gasteiger partial charge in [0.25, 0.3) is 0 Å². The van der Waals surface area contributed by atoms with E-state index in [0.717, 1.165) is 30.5 Å². The van der Waals surface area contributed by atoms with Crippen LogP contribution in [0.1, 0.15) is 36.4 Å². The highest BCUT2D eigenvalue weighted by Crippen LogP contribution is 2.27. The second-order valence-corrected chi connectivity index (χ2v) is 4.13. The monoisotopic (exact) mass is 211 g/mol. The summed E-state index contributed by atoms with van der Waals surface area (Å²) in [5, 5.41) is 3.33. The van der Waals surface area contributed by atoms with E-state index in [1.54, 1.807) is 0 Å². The van der Waals surface area contributed by atoms with E-state index in [0.29, 0.717) is 0 Å². The van der Waals surface area contributed by atoms with Gasteiger partial charge in [0.2, 0.25) is 0 Å². The molecule has 1 fully saturated rings. The second-order valence-electron chi connectivity index (χ2n) is 4.13. The average Bonchev–Trinajstić information content (AvgIpc) is 2.25. The minimum absolute atomic E-state index is 0.189. The van der Waals surface area contributed by atoms with Crippen molar-refractivity contribution in [3.8, 4) is 0 Å². The molecule has 1 nitrogen and oxygen atoms in total. The summed E-state index contributed by atoms with van der Waals surface area (Å²) in [5.41, 5.74) is 1.72. The lowest BCUT2D eigenvalue weighted by molar-refractivity contribution is 0.407. The van der Waals surface area contributed by atoms with Gasteiger partial charge in [-0.2, -0.15) is 0 Å². The first kappa shape index (κ1) is 10.6. The zero-order valence-corrected chi connectivity index (χ0v) is 8.82. The molecule has 0 radical (unpaired) electrons. The van der Waals surface area contributed by atoms with Crippen molar-refractivity contribution in [3.05, 3.63) is 34.9 Å². The minimum atomic E-state index is -0.757. The quantitative estimate of drug-likeness (QED) is 0.752. The molecule has 1 atom stereocenters. The fraction of sp³-hybridized carbons (Fsp3) is 0.500. The van der Waals surface area contributed by atoms with Crippen LogP contribution in [-0.4, -0.2) is 6.54 Å². The van der Waals surface area contributed by atoms with Crippen LogP contribution in [0.5, 0.6) is 0 Å². The standard InChI is InChI=1S/C12H15F2N/c1-8-6-10(13)11(14)7-9(8)12-4-2-3-5-15-12/h6-7,12,15H,2-5H2,1H3. The van der Waals surface area contributed by atoms with Crippen molar-refractivity contribution in [1.82, 2.24) is 5.32 Å². The van der Waals surface area contributed by atoms with Gasteiger partial charge in [0, 0.05) is 6.04 Å². The Morgan fingerprint density at radius 3 is 2.60 bits per heavy atom. The predicted molar refractivity (Wildman–Crippen MR) is 55.7 cm³/mol. The van der Waals surface area contributed by atoms with E-state index in [2.05, 4.69) is 5.32 Å². The highest BCUT2D eigenvalue weighted by atomic mass is 19.2. The fourth-order valence-corrected chi connectivity index (χ4v) is 2.15. The molecule has 0 bridgehead atoms. The van der Waals surface area contributed by atoms with Gasteiger partial charge in [-0.15, -0.1) is 0 Å². The Morgan fingerprint density at radius 1 is 1.20 bits per heavy atom. The van der Waals surface area contributed by atoms with Crippen molar-refractivity contribution in [2.75, 3.05) is 6.54 Å². The summed E-state index contributed by atoms with van der Waals surface area (Å²) >= 11 is 0. The predicted octanol–water partition coefficient (Wildman–Crippen LogP) is 3.09. The first-order valence-electron chi connectivity index (χ1n) is 5.37. The van der Waals surface area contributed by atoms with Crippen molar-refractivity contribution in [3.63, 3.8) is 0 Å². The first-order valence-corrected chi connectivity index (χ1v) is 5.37. The molecule has 1 aromatic carbocycles. The molecule has 0 aromatic heterocycles. The van der Waals surface area contributed by atoms with E-state index in [4.69, 9.17) is 0 Å². The van der Waals surface area contributed by atoms with Crippen LogP contribution in [0.3, 0.4) is 0 Å². The number of hydrogen-bond acceptors (Lipinski definition) is 1. The lowest BCUT2D eigenvalue weighted by atomic mass is 9.94. The first-order chi connectivity index (χ1) is 7.18. The van der Waals surface area contributed by atoms with E-state index >= 15 is 0 Å². The number of aryl methyl sites for hydroxylation is 1. The zero-order chi connectivity index (χ0) is 10.8. The largest absolute Gasteiger partial charge is 0.310 e. The molecule has 0 aliphatic carbocycles. The van der Waals surface area contributed by atoms with E-state index in [1.165, 1.54) is 18.6 Å². The average molecular weight is 211 g/mol. The molecule has 1 saturated heterocycles. The van der Waals surface area contributed by atoms with Crippen molar-refractivity contribution >= 4 is 0 Å². The number of rotatable bonds is 1. The number of hydrogen-bond donors (Lipinski definition) is 1. The maximum absolute atomic E-state index is 13.1. The van der Waals surface area contributed by atoms with Gasteiger partial charge < -0.3 is 5.32 Å². The zero-order valence-electron chi connectivity index (χ0n) is 8.82. The lowest BCUT2D eigenvalue weighted by Crippen LogP contribution is -2.27. The molecule has 1 aliphatic heterocycles. The fourth-order valence-electron chi connectivity index (χ4n) is 2.15. The van der Waals surface area contributed by atoms with Gasteiger partial charge in [0.15, 0.2) is 11.6 Å². The topological polar surface area (TPSA) is 12.0 Å². The summed E-state index contributed by atoms with van der Waals surface area (Å²) in [5.74, 6) is -1.50. The molecule has 1 N–H and O–H groups in total. The van der Waals surface area contributed by atoms with Crippen molar-refractivity contribution in [1.29, 1.82) is 0 Å². The molecule has 1 heterocycles. The van der Waals surface area contributed by atoms with Crippen LogP contribution >= 0.6 is 0 Å². The van der Waals surface area contributed by atoms with Crippen LogP contribution in [0.15, 0.2) is 12.1 Å². The highest BCUT2D eigenvalue weighted by Gasteiger charge is 2.18. The lowest BCUT2D eigenvalue weighted by Gasteiger charge is -2.25. The van der Waals surface area contributed by atoms with Crippen LogP contribution in [0.25, 0.3) is 0 Å². The SMILES string of the molecule is Cc1cc(F)c(F)cc1C1CCCCN1. The summed E-state index contributed by atoms with van der Waals surface area (Å²) in [7, 11) is 0. The molecule has 0 spiro atoms. The third-order valence-electron chi connectivity index (χ3n) is 2.99. The summed E-state index contributed by atoms with van der Waals surface area (Å²) < 4.78 is 26.0. The number of benzene rings is 1. The second kappa shape index (κ2) is 4.27. The number of piperidine rings is 1. The van der Waals surface area contributed by atoms with Gasteiger partial charge in [0.05, 0.1) is 0 Å². The summed E-state index contributed by atoms with van der Waals surface area (Å²) in [6, 6.07) is 2.79. The van der Waals surface area contributed by atoms with Crippen LogP contribution in [-0.2, 0) is 0 Å².